The van der Waals surface area contributed by atoms with Crippen LogP contribution in [0.25, 0.3) is 10.8 Å². The average Bonchev–Trinajstić information content (AvgIpc) is 3.12. The monoisotopic (exact) mass is 565 g/mol. The van der Waals surface area contributed by atoms with E-state index in [1.807, 2.05) is 31.2 Å². The van der Waals surface area contributed by atoms with Crippen molar-refractivity contribution in [3.63, 3.8) is 0 Å². The second-order valence-corrected chi connectivity index (χ2v) is 12.7. The topological polar surface area (TPSA) is 122 Å². The highest BCUT2D eigenvalue weighted by atomic mass is 32.2. The number of carbonyl (C=O) groups excluding carboxylic acids is 1. The largest absolute Gasteiger partial charge is 0.495 e. The summed E-state index contributed by atoms with van der Waals surface area (Å²) in [5.41, 5.74) is 2.25. The minimum atomic E-state index is -3.89. The Hall–Kier alpha value is -4.09. The number of hydrogen-bond acceptors (Lipinski definition) is 6. The maximum Gasteiger partial charge on any atom is 0.265 e. The lowest BCUT2D eigenvalue weighted by molar-refractivity contribution is -0.116. The van der Waals surface area contributed by atoms with Crippen LogP contribution in [0.4, 0.5) is 17.1 Å². The first kappa shape index (κ1) is 26.5. The summed E-state index contributed by atoms with van der Waals surface area (Å²) >= 11 is 0. The van der Waals surface area contributed by atoms with Crippen LogP contribution in [0.3, 0.4) is 0 Å². The molecule has 9 nitrogen and oxygen atoms in total. The van der Waals surface area contributed by atoms with E-state index < -0.39 is 20.0 Å². The second kappa shape index (κ2) is 10.2. The van der Waals surface area contributed by atoms with E-state index in [0.717, 1.165) is 10.9 Å². The van der Waals surface area contributed by atoms with E-state index in [1.54, 1.807) is 30.3 Å². The van der Waals surface area contributed by atoms with Gasteiger partial charge in [-0.15, -0.1) is 0 Å². The van der Waals surface area contributed by atoms with Gasteiger partial charge in [0.25, 0.3) is 20.0 Å². The summed E-state index contributed by atoms with van der Waals surface area (Å²) in [5, 5.41) is 4.29. The predicted molar refractivity (Wildman–Crippen MR) is 151 cm³/mol. The molecule has 5 rings (SSSR count). The number of sulfonamides is 2. The quantitative estimate of drug-likeness (QED) is 0.298. The van der Waals surface area contributed by atoms with Crippen molar-refractivity contribution in [3.8, 4) is 5.75 Å². The van der Waals surface area contributed by atoms with Gasteiger partial charge in [0, 0.05) is 24.0 Å². The Labute approximate surface area is 227 Å². The Balaban J connectivity index is 1.20. The molecule has 0 saturated carbocycles. The number of amides is 1. The zero-order valence-electron chi connectivity index (χ0n) is 21.3. The summed E-state index contributed by atoms with van der Waals surface area (Å²) in [6.45, 7) is 2.01. The van der Waals surface area contributed by atoms with E-state index >= 15 is 0 Å². The van der Waals surface area contributed by atoms with Gasteiger partial charge in [-0.3, -0.25) is 13.8 Å². The van der Waals surface area contributed by atoms with E-state index in [2.05, 4.69) is 10.0 Å². The zero-order chi connectivity index (χ0) is 27.8. The van der Waals surface area contributed by atoms with E-state index in [1.165, 1.54) is 35.7 Å². The third kappa shape index (κ3) is 5.15. The number of benzene rings is 4. The van der Waals surface area contributed by atoms with Crippen molar-refractivity contribution in [3.05, 3.63) is 84.4 Å². The summed E-state index contributed by atoms with van der Waals surface area (Å²) in [4.78, 5) is 12.9. The molecule has 1 aliphatic rings. The van der Waals surface area contributed by atoms with E-state index in [0.29, 0.717) is 34.6 Å². The molecule has 0 aliphatic carbocycles. The third-order valence-electron chi connectivity index (χ3n) is 6.49. The minimum absolute atomic E-state index is 0.0250. The van der Waals surface area contributed by atoms with Crippen LogP contribution >= 0.6 is 0 Å². The molecule has 4 aromatic rings. The van der Waals surface area contributed by atoms with Crippen LogP contribution in [0.15, 0.2) is 88.7 Å². The first-order valence-electron chi connectivity index (χ1n) is 12.2. The third-order valence-corrected chi connectivity index (χ3v) is 9.73. The Morgan fingerprint density at radius 1 is 0.974 bits per heavy atom. The van der Waals surface area contributed by atoms with Crippen LogP contribution in [0.5, 0.6) is 5.75 Å². The van der Waals surface area contributed by atoms with Gasteiger partial charge >= 0.3 is 0 Å². The fourth-order valence-corrected chi connectivity index (χ4v) is 7.44. The van der Waals surface area contributed by atoms with Crippen molar-refractivity contribution in [2.24, 2.45) is 0 Å². The van der Waals surface area contributed by atoms with E-state index in [9.17, 15) is 21.6 Å². The van der Waals surface area contributed by atoms with Crippen LogP contribution in [-0.2, 0) is 24.8 Å². The van der Waals surface area contributed by atoms with Gasteiger partial charge in [0.05, 0.1) is 28.3 Å². The molecule has 202 valence electrons. The van der Waals surface area contributed by atoms with Crippen molar-refractivity contribution >= 4 is 53.8 Å². The number of aryl methyl sites for hydroxylation is 1. The molecule has 4 aromatic carbocycles. The van der Waals surface area contributed by atoms with Crippen molar-refractivity contribution in [2.75, 3.05) is 28.0 Å². The maximum absolute atomic E-state index is 13.1. The highest BCUT2D eigenvalue weighted by molar-refractivity contribution is 7.93. The van der Waals surface area contributed by atoms with Crippen LogP contribution < -0.4 is 19.1 Å². The number of nitrogens with zero attached hydrogens (tertiary/aromatic N) is 1. The minimum Gasteiger partial charge on any atom is -0.495 e. The van der Waals surface area contributed by atoms with E-state index in [4.69, 9.17) is 4.74 Å². The van der Waals surface area contributed by atoms with Crippen LogP contribution in [0.1, 0.15) is 18.4 Å². The Kier molecular flexibility index (Phi) is 6.96. The van der Waals surface area contributed by atoms with Gasteiger partial charge < -0.3 is 10.1 Å². The highest BCUT2D eigenvalue weighted by Gasteiger charge is 2.35. The molecule has 0 spiro atoms. The normalized spacial score (nSPS) is 13.8. The van der Waals surface area contributed by atoms with Crippen LogP contribution in [-0.4, -0.2) is 36.4 Å². The molecular weight excluding hydrogens is 538 g/mol. The molecule has 2 N–H and O–H groups in total. The summed E-state index contributed by atoms with van der Waals surface area (Å²) in [7, 11) is -6.10. The smallest absolute Gasteiger partial charge is 0.265 e. The van der Waals surface area contributed by atoms with Crippen LogP contribution in [0, 0.1) is 6.92 Å². The van der Waals surface area contributed by atoms with Crippen LogP contribution in [0.2, 0.25) is 0 Å². The molecule has 39 heavy (non-hydrogen) atoms. The number of ether oxygens (including phenoxy) is 1. The molecule has 0 fully saturated rings. The maximum atomic E-state index is 13.1. The molecule has 0 radical (unpaired) electrons. The molecular formula is C28H27N3O6S2. The fourth-order valence-electron chi connectivity index (χ4n) is 4.63. The molecule has 1 heterocycles. The highest BCUT2D eigenvalue weighted by Crippen LogP contribution is 2.42. The predicted octanol–water partition coefficient (Wildman–Crippen LogP) is 4.89. The lowest BCUT2D eigenvalue weighted by atomic mass is 10.1. The molecule has 1 amide bonds. The van der Waals surface area contributed by atoms with Gasteiger partial charge in [-0.05, 0) is 72.8 Å². The average molecular weight is 566 g/mol. The SMILES string of the molecule is COc1ccc(C)cc1NS(=O)(=O)c1ccc(NC(=O)CCCN2c3cccc4cccc(c34)S2(=O)=O)cc1. The molecule has 11 heteroatoms. The second-order valence-electron chi connectivity index (χ2n) is 9.19. The van der Waals surface area contributed by atoms with Gasteiger partial charge in [-0.25, -0.2) is 16.8 Å². The molecule has 0 aromatic heterocycles. The van der Waals surface area contributed by atoms with Gasteiger partial charge in [0.15, 0.2) is 0 Å². The first-order chi connectivity index (χ1) is 18.6. The van der Waals surface area contributed by atoms with Gasteiger partial charge in [0.2, 0.25) is 5.91 Å². The summed E-state index contributed by atoms with van der Waals surface area (Å²) < 4.78 is 61.0. The molecule has 1 aliphatic heterocycles. The summed E-state index contributed by atoms with van der Waals surface area (Å²) in [6, 6.07) is 21.6. The summed E-state index contributed by atoms with van der Waals surface area (Å²) in [5.74, 6) is 0.0934. The van der Waals surface area contributed by atoms with E-state index in [-0.39, 0.29) is 28.7 Å². The number of rotatable bonds is 9. The van der Waals surface area contributed by atoms with Crippen molar-refractivity contribution in [1.82, 2.24) is 0 Å². The zero-order valence-corrected chi connectivity index (χ0v) is 23.0. The Bertz CT molecular complexity index is 1780. The molecule has 0 saturated heterocycles. The Morgan fingerprint density at radius 2 is 1.69 bits per heavy atom. The molecule has 0 unspecified atom stereocenters. The number of carbonyl (C=O) groups is 1. The van der Waals surface area contributed by atoms with Crippen molar-refractivity contribution in [2.45, 2.75) is 29.6 Å². The lowest BCUT2D eigenvalue weighted by Gasteiger charge is -2.18. The molecule has 0 bridgehead atoms. The molecule has 0 atom stereocenters. The van der Waals surface area contributed by atoms with Crippen molar-refractivity contribution < 1.29 is 26.4 Å². The number of nitrogens with one attached hydrogen (secondary N) is 2. The standard InChI is InChI=1S/C28H27N3O6S2/c1-19-11-16-25(37-2)23(18-19)30-38(33,34)22-14-12-21(13-15-22)29-27(32)10-5-17-31-24-8-3-6-20-7-4-9-26(28(20)24)39(31,35)36/h3-4,6-9,11-16,18,30H,5,10,17H2,1-2H3,(H,29,32). The number of hydrogen-bond donors (Lipinski definition) is 2. The van der Waals surface area contributed by atoms with Crippen molar-refractivity contribution in [1.29, 1.82) is 0 Å². The van der Waals surface area contributed by atoms with Gasteiger partial charge in [-0.1, -0.05) is 30.3 Å². The van der Waals surface area contributed by atoms with Gasteiger partial charge in [0.1, 0.15) is 5.75 Å². The lowest BCUT2D eigenvalue weighted by Crippen LogP contribution is -2.28. The summed E-state index contributed by atoms with van der Waals surface area (Å²) in [6.07, 6.45) is 0.400. The fraction of sp³-hybridized carbons (Fsp3) is 0.179. The number of anilines is 3. The number of methoxy groups -OCH3 is 1. The first-order valence-corrected chi connectivity index (χ1v) is 15.1. The van der Waals surface area contributed by atoms with Gasteiger partial charge in [-0.2, -0.15) is 0 Å². The Morgan fingerprint density at radius 3 is 2.41 bits per heavy atom.